The van der Waals surface area contributed by atoms with Gasteiger partial charge in [0.25, 0.3) is 0 Å². The van der Waals surface area contributed by atoms with E-state index in [1.165, 1.54) is 3.57 Å². The minimum atomic E-state index is -0.000732. The molecule has 0 aromatic heterocycles. The maximum atomic E-state index is 5.66. The van der Waals surface area contributed by atoms with Gasteiger partial charge in [0.2, 0.25) is 0 Å². The molecule has 0 atom stereocenters. The number of unbranched alkanes of at least 4 members (excludes halogenated alkanes) is 2. The van der Waals surface area contributed by atoms with E-state index in [2.05, 4.69) is 34.7 Å². The molecule has 0 radical (unpaired) electrons. The van der Waals surface area contributed by atoms with Crippen LogP contribution in [0.4, 0.5) is 0 Å². The molecule has 4 heteroatoms. The molecular formula is C14H19IO3. The van der Waals surface area contributed by atoms with E-state index in [0.29, 0.717) is 0 Å². The Balaban J connectivity index is 1.47. The summed E-state index contributed by atoms with van der Waals surface area (Å²) in [6, 6.07) is 8.14. The second-order valence-corrected chi connectivity index (χ2v) is 5.67. The van der Waals surface area contributed by atoms with Gasteiger partial charge in [0.15, 0.2) is 12.6 Å². The Morgan fingerprint density at radius 1 is 1.11 bits per heavy atom. The lowest BCUT2D eigenvalue weighted by Gasteiger charge is -2.33. The van der Waals surface area contributed by atoms with Crippen LogP contribution in [0.2, 0.25) is 0 Å². The highest BCUT2D eigenvalue weighted by atomic mass is 127. The molecule has 0 spiro atoms. The molecule has 1 aliphatic rings. The Morgan fingerprint density at radius 2 is 1.83 bits per heavy atom. The summed E-state index contributed by atoms with van der Waals surface area (Å²) in [5.41, 5.74) is 0. The van der Waals surface area contributed by atoms with E-state index in [-0.39, 0.29) is 12.6 Å². The normalized spacial score (nSPS) is 22.6. The smallest absolute Gasteiger partial charge is 0.163 e. The van der Waals surface area contributed by atoms with Gasteiger partial charge in [0.1, 0.15) is 5.75 Å². The first-order valence-corrected chi connectivity index (χ1v) is 7.51. The number of halogens is 1. The molecule has 18 heavy (non-hydrogen) atoms. The first-order chi connectivity index (χ1) is 8.74. The van der Waals surface area contributed by atoms with Gasteiger partial charge in [0.05, 0.1) is 6.61 Å². The van der Waals surface area contributed by atoms with Crippen LogP contribution in [-0.2, 0) is 9.47 Å². The number of benzene rings is 1. The van der Waals surface area contributed by atoms with Crippen molar-refractivity contribution >= 4 is 22.6 Å². The minimum Gasteiger partial charge on any atom is -0.494 e. The highest BCUT2D eigenvalue weighted by molar-refractivity contribution is 14.1. The van der Waals surface area contributed by atoms with Crippen molar-refractivity contribution in [1.29, 1.82) is 0 Å². The van der Waals surface area contributed by atoms with E-state index >= 15 is 0 Å². The number of hydrogen-bond donors (Lipinski definition) is 0. The van der Waals surface area contributed by atoms with Crippen molar-refractivity contribution in [2.45, 2.75) is 45.2 Å². The lowest BCUT2D eigenvalue weighted by molar-refractivity contribution is -0.377. The van der Waals surface area contributed by atoms with Gasteiger partial charge in [-0.15, -0.1) is 0 Å². The van der Waals surface area contributed by atoms with E-state index in [9.17, 15) is 0 Å². The predicted octanol–water partition coefficient (Wildman–Crippen LogP) is 3.95. The molecular weight excluding hydrogens is 343 g/mol. The van der Waals surface area contributed by atoms with Crippen molar-refractivity contribution in [1.82, 2.24) is 0 Å². The van der Waals surface area contributed by atoms with Crippen LogP contribution in [0.15, 0.2) is 24.3 Å². The Kier molecular flexibility index (Phi) is 5.72. The van der Waals surface area contributed by atoms with Crippen LogP contribution in [0.1, 0.15) is 32.6 Å². The molecule has 0 unspecified atom stereocenters. The molecule has 0 aliphatic carbocycles. The molecule has 0 saturated carbocycles. The molecule has 100 valence electrons. The van der Waals surface area contributed by atoms with Crippen LogP contribution in [0.5, 0.6) is 5.75 Å². The van der Waals surface area contributed by atoms with Crippen LogP contribution >= 0.6 is 22.6 Å². The largest absolute Gasteiger partial charge is 0.494 e. The molecule has 1 aliphatic heterocycles. The molecule has 1 aromatic rings. The molecule has 0 bridgehead atoms. The van der Waals surface area contributed by atoms with Crippen LogP contribution < -0.4 is 4.74 Å². The summed E-state index contributed by atoms with van der Waals surface area (Å²) >= 11 is 2.29. The van der Waals surface area contributed by atoms with Gasteiger partial charge in [-0.3, -0.25) is 0 Å². The summed E-state index contributed by atoms with van der Waals surface area (Å²) in [6.45, 7) is 2.70. The van der Waals surface area contributed by atoms with Gasteiger partial charge in [-0.05, 0) is 79.5 Å². The van der Waals surface area contributed by atoms with E-state index in [4.69, 9.17) is 14.2 Å². The fraction of sp³-hybridized carbons (Fsp3) is 0.571. The van der Waals surface area contributed by atoms with Crippen LogP contribution in [0, 0.1) is 3.57 Å². The zero-order chi connectivity index (χ0) is 12.8. The highest BCUT2D eigenvalue weighted by Crippen LogP contribution is 2.21. The Labute approximate surface area is 122 Å². The van der Waals surface area contributed by atoms with E-state index in [0.717, 1.165) is 38.0 Å². The molecule has 1 aromatic carbocycles. The van der Waals surface area contributed by atoms with Gasteiger partial charge in [-0.2, -0.15) is 0 Å². The molecule has 0 N–H and O–H groups in total. The average Bonchev–Trinajstić information content (AvgIpc) is 2.33. The average molecular weight is 362 g/mol. The summed E-state index contributed by atoms with van der Waals surface area (Å²) < 4.78 is 17.6. The van der Waals surface area contributed by atoms with Gasteiger partial charge >= 0.3 is 0 Å². The first kappa shape index (κ1) is 14.1. The molecule has 1 fully saturated rings. The van der Waals surface area contributed by atoms with E-state index in [1.54, 1.807) is 0 Å². The number of ether oxygens (including phenoxy) is 3. The molecule has 1 saturated heterocycles. The summed E-state index contributed by atoms with van der Waals surface area (Å²) in [6.07, 6.45) is 4.40. The van der Waals surface area contributed by atoms with Gasteiger partial charge in [0, 0.05) is 3.57 Å². The molecule has 1 heterocycles. The lowest BCUT2D eigenvalue weighted by atomic mass is 10.2. The number of rotatable bonds is 7. The number of hydrogen-bond acceptors (Lipinski definition) is 3. The van der Waals surface area contributed by atoms with Gasteiger partial charge in [-0.25, -0.2) is 0 Å². The quantitative estimate of drug-likeness (QED) is 0.543. The summed E-state index contributed by atoms with van der Waals surface area (Å²) in [4.78, 5) is 0. The molecule has 2 rings (SSSR count). The second-order valence-electron chi connectivity index (χ2n) is 4.42. The van der Waals surface area contributed by atoms with E-state index in [1.807, 2.05) is 19.1 Å². The topological polar surface area (TPSA) is 27.7 Å². The maximum Gasteiger partial charge on any atom is 0.163 e. The minimum absolute atomic E-state index is 0.000732. The Hall–Kier alpha value is -0.330. The van der Waals surface area contributed by atoms with Crippen molar-refractivity contribution in [2.75, 3.05) is 6.61 Å². The van der Waals surface area contributed by atoms with Gasteiger partial charge in [-0.1, -0.05) is 0 Å². The summed E-state index contributed by atoms with van der Waals surface area (Å²) in [5, 5.41) is 0. The third kappa shape index (κ3) is 4.74. The Bertz CT molecular complexity index is 347. The molecule has 3 nitrogen and oxygen atoms in total. The van der Waals surface area contributed by atoms with Crippen LogP contribution in [-0.4, -0.2) is 19.2 Å². The molecule has 0 amide bonds. The fourth-order valence-electron chi connectivity index (χ4n) is 1.88. The zero-order valence-corrected chi connectivity index (χ0v) is 12.8. The third-order valence-corrected chi connectivity index (χ3v) is 3.57. The van der Waals surface area contributed by atoms with Crippen LogP contribution in [0.25, 0.3) is 0 Å². The van der Waals surface area contributed by atoms with Crippen molar-refractivity contribution < 1.29 is 14.2 Å². The van der Waals surface area contributed by atoms with E-state index < -0.39 is 0 Å². The third-order valence-electron chi connectivity index (χ3n) is 2.85. The predicted molar refractivity (Wildman–Crippen MR) is 78.5 cm³/mol. The van der Waals surface area contributed by atoms with Crippen LogP contribution in [0.3, 0.4) is 0 Å². The standard InChI is InChI=1S/C14H19IO3/c1-11-17-14(18-11)5-3-2-4-10-16-13-8-6-12(15)7-9-13/h6-9,11,14H,2-5,10H2,1H3. The van der Waals surface area contributed by atoms with Crippen molar-refractivity contribution in [2.24, 2.45) is 0 Å². The maximum absolute atomic E-state index is 5.66. The SMILES string of the molecule is CC1OC(CCCCCOc2ccc(I)cc2)O1. The second kappa shape index (κ2) is 7.31. The Morgan fingerprint density at radius 3 is 2.50 bits per heavy atom. The monoisotopic (exact) mass is 362 g/mol. The zero-order valence-electron chi connectivity index (χ0n) is 10.6. The summed E-state index contributed by atoms with van der Waals surface area (Å²) in [7, 11) is 0. The lowest BCUT2D eigenvalue weighted by Crippen LogP contribution is -2.38. The van der Waals surface area contributed by atoms with Crippen molar-refractivity contribution in [3.8, 4) is 5.75 Å². The van der Waals surface area contributed by atoms with Crippen molar-refractivity contribution in [3.63, 3.8) is 0 Å². The summed E-state index contributed by atoms with van der Waals surface area (Å²) in [5.74, 6) is 0.954. The fourth-order valence-corrected chi connectivity index (χ4v) is 2.24. The highest BCUT2D eigenvalue weighted by Gasteiger charge is 2.25. The first-order valence-electron chi connectivity index (χ1n) is 6.43. The van der Waals surface area contributed by atoms with Gasteiger partial charge < -0.3 is 14.2 Å². The van der Waals surface area contributed by atoms with Crippen molar-refractivity contribution in [3.05, 3.63) is 27.8 Å².